The lowest BCUT2D eigenvalue weighted by molar-refractivity contribution is 0.579. The molecule has 1 heterocycles. The average molecular weight is 383 g/mol. The molecule has 0 amide bonds. The molecule has 0 fully saturated rings. The number of anilines is 2. The number of nitrogens with zero attached hydrogens (tertiary/aromatic N) is 2. The summed E-state index contributed by atoms with van der Waals surface area (Å²) in [5.41, 5.74) is 5.36. The Morgan fingerprint density at radius 1 is 1.04 bits per heavy atom. The van der Waals surface area contributed by atoms with Crippen molar-refractivity contribution < 1.29 is 4.39 Å². The summed E-state index contributed by atoms with van der Waals surface area (Å²) in [4.78, 5) is 0. The van der Waals surface area contributed by atoms with Gasteiger partial charge in [-0.15, -0.1) is 0 Å². The molecule has 2 aromatic carbocycles. The highest BCUT2D eigenvalue weighted by atomic mass is 32.1. The van der Waals surface area contributed by atoms with Gasteiger partial charge < -0.3 is 10.6 Å². The fourth-order valence-corrected chi connectivity index (χ4v) is 3.25. The van der Waals surface area contributed by atoms with Gasteiger partial charge >= 0.3 is 0 Å². The predicted octanol–water partition coefficient (Wildman–Crippen LogP) is 5.06. The number of hydrogen-bond donors (Lipinski definition) is 2. The van der Waals surface area contributed by atoms with Gasteiger partial charge in [0.2, 0.25) is 0 Å². The molecular formula is C21H23FN4S. The summed E-state index contributed by atoms with van der Waals surface area (Å²) in [5, 5.41) is 11.5. The topological polar surface area (TPSA) is 41.9 Å². The smallest absolute Gasteiger partial charge is 0.175 e. The van der Waals surface area contributed by atoms with Crippen LogP contribution in [0.1, 0.15) is 29.4 Å². The number of hydrogen-bond acceptors (Lipinski definition) is 2. The minimum absolute atomic E-state index is 0.229. The minimum atomic E-state index is -0.229. The van der Waals surface area contributed by atoms with Crippen LogP contribution >= 0.6 is 12.2 Å². The molecule has 1 aromatic heterocycles. The Kier molecular flexibility index (Phi) is 5.86. The zero-order chi connectivity index (χ0) is 19.4. The molecule has 0 bridgehead atoms. The van der Waals surface area contributed by atoms with Crippen LogP contribution in [0.5, 0.6) is 0 Å². The van der Waals surface area contributed by atoms with Crippen LogP contribution in [0.25, 0.3) is 0 Å². The number of para-hydroxylation sites is 1. The summed E-state index contributed by atoms with van der Waals surface area (Å²) >= 11 is 5.49. The SMILES string of the molecule is CCc1ccccc1NC(=S)Nc1c(C)nn(Cc2ccccc2F)c1C. The first-order valence-electron chi connectivity index (χ1n) is 8.93. The molecule has 27 heavy (non-hydrogen) atoms. The summed E-state index contributed by atoms with van der Waals surface area (Å²) in [5.74, 6) is -0.229. The molecule has 4 nitrogen and oxygen atoms in total. The van der Waals surface area contributed by atoms with Gasteiger partial charge in [-0.25, -0.2) is 4.39 Å². The van der Waals surface area contributed by atoms with E-state index >= 15 is 0 Å². The van der Waals surface area contributed by atoms with E-state index in [2.05, 4.69) is 28.7 Å². The Morgan fingerprint density at radius 3 is 2.41 bits per heavy atom. The first kappa shape index (κ1) is 19.0. The Labute approximate surface area is 164 Å². The Balaban J connectivity index is 1.76. The van der Waals surface area contributed by atoms with Crippen LogP contribution in [-0.4, -0.2) is 14.9 Å². The molecule has 0 spiro atoms. The van der Waals surface area contributed by atoms with Gasteiger partial charge in [0, 0.05) is 11.3 Å². The molecule has 0 saturated heterocycles. The summed E-state index contributed by atoms with van der Waals surface area (Å²) in [7, 11) is 0. The van der Waals surface area contributed by atoms with Gasteiger partial charge in [-0.1, -0.05) is 43.3 Å². The van der Waals surface area contributed by atoms with Gasteiger partial charge in [0.25, 0.3) is 0 Å². The van der Waals surface area contributed by atoms with E-state index in [9.17, 15) is 4.39 Å². The Hall–Kier alpha value is -2.73. The van der Waals surface area contributed by atoms with Gasteiger partial charge in [0.05, 0.1) is 23.6 Å². The van der Waals surface area contributed by atoms with Crippen molar-refractivity contribution in [1.82, 2.24) is 9.78 Å². The van der Waals surface area contributed by atoms with Crippen molar-refractivity contribution in [2.75, 3.05) is 10.6 Å². The maximum atomic E-state index is 14.0. The van der Waals surface area contributed by atoms with E-state index in [0.29, 0.717) is 17.2 Å². The molecule has 3 aromatic rings. The number of halogens is 1. The Morgan fingerprint density at radius 2 is 1.70 bits per heavy atom. The van der Waals surface area contributed by atoms with E-state index in [1.54, 1.807) is 16.8 Å². The Bertz CT molecular complexity index is 965. The summed E-state index contributed by atoms with van der Waals surface area (Å²) in [6.07, 6.45) is 0.921. The molecule has 0 saturated carbocycles. The van der Waals surface area contributed by atoms with Crippen LogP contribution in [0.4, 0.5) is 15.8 Å². The fraction of sp³-hybridized carbons (Fsp3) is 0.238. The largest absolute Gasteiger partial charge is 0.332 e. The zero-order valence-corrected chi connectivity index (χ0v) is 16.5. The molecule has 0 unspecified atom stereocenters. The molecule has 0 aliphatic heterocycles. The van der Waals surface area contributed by atoms with Crippen LogP contribution in [0.3, 0.4) is 0 Å². The van der Waals surface area contributed by atoms with Gasteiger partial charge in [-0.2, -0.15) is 5.10 Å². The van der Waals surface area contributed by atoms with Crippen LogP contribution in [-0.2, 0) is 13.0 Å². The second-order valence-corrected chi connectivity index (χ2v) is 6.79. The number of aryl methyl sites for hydroxylation is 2. The molecule has 0 radical (unpaired) electrons. The second kappa shape index (κ2) is 8.31. The first-order valence-corrected chi connectivity index (χ1v) is 9.33. The number of aromatic nitrogens is 2. The molecule has 0 atom stereocenters. The van der Waals surface area contributed by atoms with E-state index in [1.165, 1.54) is 11.6 Å². The highest BCUT2D eigenvalue weighted by molar-refractivity contribution is 7.80. The second-order valence-electron chi connectivity index (χ2n) is 6.38. The normalized spacial score (nSPS) is 10.7. The van der Waals surface area contributed by atoms with Gasteiger partial charge in [-0.05, 0) is 50.2 Å². The predicted molar refractivity (Wildman–Crippen MR) is 113 cm³/mol. The van der Waals surface area contributed by atoms with E-state index in [-0.39, 0.29) is 5.82 Å². The van der Waals surface area contributed by atoms with Gasteiger partial charge in [0.15, 0.2) is 5.11 Å². The standard InChI is InChI=1S/C21H23FN4S/c1-4-16-9-6-8-12-19(16)23-21(27)24-20-14(2)25-26(15(20)3)13-17-10-5-7-11-18(17)22/h5-12H,4,13H2,1-3H3,(H2,23,24,27). The maximum absolute atomic E-state index is 14.0. The molecule has 0 aliphatic carbocycles. The van der Waals surface area contributed by atoms with Gasteiger partial charge in [0.1, 0.15) is 5.82 Å². The number of benzene rings is 2. The van der Waals surface area contributed by atoms with Crippen LogP contribution in [0.15, 0.2) is 48.5 Å². The van der Waals surface area contributed by atoms with Crippen molar-refractivity contribution >= 4 is 28.7 Å². The fourth-order valence-electron chi connectivity index (χ4n) is 3.04. The number of rotatable bonds is 5. The van der Waals surface area contributed by atoms with E-state index in [1.807, 2.05) is 38.1 Å². The summed E-state index contributed by atoms with van der Waals surface area (Å²) < 4.78 is 15.7. The quantitative estimate of drug-likeness (QED) is 0.606. The molecule has 3 rings (SSSR count). The van der Waals surface area contributed by atoms with E-state index in [4.69, 9.17) is 12.2 Å². The highest BCUT2D eigenvalue weighted by Crippen LogP contribution is 2.22. The summed E-state index contributed by atoms with van der Waals surface area (Å²) in [6, 6.07) is 14.8. The first-order chi connectivity index (χ1) is 13.0. The van der Waals surface area contributed by atoms with Crippen molar-refractivity contribution in [3.8, 4) is 0 Å². The van der Waals surface area contributed by atoms with E-state index in [0.717, 1.165) is 29.2 Å². The van der Waals surface area contributed by atoms with Crippen molar-refractivity contribution in [3.05, 3.63) is 76.9 Å². The third-order valence-electron chi connectivity index (χ3n) is 4.54. The zero-order valence-electron chi connectivity index (χ0n) is 15.7. The monoisotopic (exact) mass is 382 g/mol. The lowest BCUT2D eigenvalue weighted by atomic mass is 10.1. The third kappa shape index (κ3) is 4.34. The average Bonchev–Trinajstić information content (AvgIpc) is 2.91. The molecule has 2 N–H and O–H groups in total. The number of thiocarbonyl (C=S) groups is 1. The maximum Gasteiger partial charge on any atom is 0.175 e. The minimum Gasteiger partial charge on any atom is -0.332 e. The van der Waals surface area contributed by atoms with E-state index < -0.39 is 0 Å². The van der Waals surface area contributed by atoms with Crippen LogP contribution in [0, 0.1) is 19.7 Å². The third-order valence-corrected chi connectivity index (χ3v) is 4.75. The molecule has 140 valence electrons. The summed E-state index contributed by atoms with van der Waals surface area (Å²) in [6.45, 7) is 6.35. The number of nitrogens with one attached hydrogen (secondary N) is 2. The van der Waals surface area contributed by atoms with Crippen molar-refractivity contribution in [3.63, 3.8) is 0 Å². The van der Waals surface area contributed by atoms with Crippen LogP contribution < -0.4 is 10.6 Å². The van der Waals surface area contributed by atoms with Crippen molar-refractivity contribution in [1.29, 1.82) is 0 Å². The molecular weight excluding hydrogens is 359 g/mol. The van der Waals surface area contributed by atoms with Crippen molar-refractivity contribution in [2.45, 2.75) is 33.7 Å². The lowest BCUT2D eigenvalue weighted by Crippen LogP contribution is -2.20. The molecule has 6 heteroatoms. The molecule has 0 aliphatic rings. The lowest BCUT2D eigenvalue weighted by Gasteiger charge is -2.14. The van der Waals surface area contributed by atoms with Gasteiger partial charge in [-0.3, -0.25) is 4.68 Å². The van der Waals surface area contributed by atoms with Crippen molar-refractivity contribution in [2.24, 2.45) is 0 Å². The highest BCUT2D eigenvalue weighted by Gasteiger charge is 2.14. The van der Waals surface area contributed by atoms with Crippen LogP contribution in [0.2, 0.25) is 0 Å².